The lowest BCUT2D eigenvalue weighted by Crippen LogP contribution is -2.29. The van der Waals surface area contributed by atoms with Gasteiger partial charge in [-0.2, -0.15) is 0 Å². The number of benzene rings is 3. The molecule has 4 aromatic rings. The summed E-state index contributed by atoms with van der Waals surface area (Å²) in [5.41, 5.74) is 3.80. The van der Waals surface area contributed by atoms with Crippen molar-refractivity contribution in [2.24, 2.45) is 0 Å². The van der Waals surface area contributed by atoms with Crippen LogP contribution in [0.5, 0.6) is 5.75 Å². The van der Waals surface area contributed by atoms with Gasteiger partial charge in [-0.1, -0.05) is 60.7 Å². The zero-order valence-corrected chi connectivity index (χ0v) is 16.7. The van der Waals surface area contributed by atoms with E-state index in [4.69, 9.17) is 9.72 Å². The molecule has 30 heavy (non-hydrogen) atoms. The lowest BCUT2D eigenvalue weighted by Gasteiger charge is -2.16. The van der Waals surface area contributed by atoms with Crippen LogP contribution in [0.1, 0.15) is 23.0 Å². The van der Waals surface area contributed by atoms with Gasteiger partial charge in [0.05, 0.1) is 24.2 Å². The summed E-state index contributed by atoms with van der Waals surface area (Å²) in [5.74, 6) is 1.26. The van der Waals surface area contributed by atoms with Gasteiger partial charge < -0.3 is 15.0 Å². The number of nitrogens with one attached hydrogen (secondary N) is 2. The van der Waals surface area contributed by atoms with Crippen LogP contribution >= 0.6 is 0 Å². The zero-order chi connectivity index (χ0) is 20.8. The molecule has 0 spiro atoms. The van der Waals surface area contributed by atoms with Crippen molar-refractivity contribution in [1.82, 2.24) is 15.3 Å². The van der Waals surface area contributed by atoms with Crippen LogP contribution in [-0.4, -0.2) is 23.0 Å². The smallest absolute Gasteiger partial charge is 0.244 e. The number of aromatic amines is 1. The molecular weight excluding hydrogens is 374 g/mol. The summed E-state index contributed by atoms with van der Waals surface area (Å²) in [6.45, 7) is 0. The minimum absolute atomic E-state index is 0.192. The Hall–Kier alpha value is -3.86. The Bertz CT molecular complexity index is 1130. The second kappa shape index (κ2) is 9.09. The molecule has 0 radical (unpaired) electrons. The van der Waals surface area contributed by atoms with Crippen LogP contribution in [0.2, 0.25) is 0 Å². The molecule has 0 aliphatic carbocycles. The fraction of sp³-hybridized carbons (Fsp3) is 0.120. The number of H-pyrrole nitrogens is 1. The molecule has 150 valence electrons. The summed E-state index contributed by atoms with van der Waals surface area (Å²) in [6.07, 6.45) is 3.92. The largest absolute Gasteiger partial charge is 0.496 e. The third-order valence-electron chi connectivity index (χ3n) is 4.89. The average molecular weight is 397 g/mol. The van der Waals surface area contributed by atoms with Gasteiger partial charge in [0.15, 0.2) is 0 Å². The van der Waals surface area contributed by atoms with Crippen molar-refractivity contribution in [3.05, 3.63) is 102 Å². The standard InChI is InChI=1S/C25H23N3O2/c1-30-23-14-8-5-11-19(23)15-16-24(29)26-22(17-18-9-3-2-4-10-18)25-27-20-12-6-7-13-21(20)28-25/h2-16,22H,17H2,1H3,(H,26,29)(H,27,28)/t22-/m0/s1. The molecule has 2 N–H and O–H groups in total. The minimum atomic E-state index is -0.283. The zero-order valence-electron chi connectivity index (χ0n) is 16.7. The quantitative estimate of drug-likeness (QED) is 0.445. The molecule has 0 aliphatic heterocycles. The number of nitrogens with zero attached hydrogens (tertiary/aromatic N) is 1. The normalized spacial score (nSPS) is 12.2. The molecule has 1 aromatic heterocycles. The minimum Gasteiger partial charge on any atom is -0.496 e. The lowest BCUT2D eigenvalue weighted by atomic mass is 10.1. The summed E-state index contributed by atoms with van der Waals surface area (Å²) in [7, 11) is 1.62. The number of hydrogen-bond acceptors (Lipinski definition) is 3. The Morgan fingerprint density at radius 1 is 1.03 bits per heavy atom. The van der Waals surface area contributed by atoms with E-state index < -0.39 is 0 Å². The van der Waals surface area contributed by atoms with Crippen LogP contribution in [0, 0.1) is 0 Å². The first kappa shape index (κ1) is 19.5. The fourth-order valence-corrected chi connectivity index (χ4v) is 3.39. The van der Waals surface area contributed by atoms with E-state index in [0.29, 0.717) is 6.42 Å². The molecule has 4 rings (SSSR count). The first-order valence-electron chi connectivity index (χ1n) is 9.83. The highest BCUT2D eigenvalue weighted by Crippen LogP contribution is 2.21. The molecule has 0 saturated carbocycles. The number of fused-ring (bicyclic) bond motifs is 1. The van der Waals surface area contributed by atoms with Crippen LogP contribution in [0.3, 0.4) is 0 Å². The maximum atomic E-state index is 12.7. The van der Waals surface area contributed by atoms with Gasteiger partial charge in [0, 0.05) is 11.6 Å². The number of methoxy groups -OCH3 is 1. The van der Waals surface area contributed by atoms with Gasteiger partial charge in [-0.25, -0.2) is 4.98 Å². The van der Waals surface area contributed by atoms with E-state index in [1.54, 1.807) is 13.2 Å². The Morgan fingerprint density at radius 2 is 1.77 bits per heavy atom. The number of imidazole rings is 1. The maximum Gasteiger partial charge on any atom is 0.244 e. The van der Waals surface area contributed by atoms with Crippen molar-refractivity contribution in [3.63, 3.8) is 0 Å². The molecule has 0 unspecified atom stereocenters. The molecule has 0 saturated heterocycles. The molecule has 1 heterocycles. The second-order valence-corrected chi connectivity index (χ2v) is 6.97. The van der Waals surface area contributed by atoms with Gasteiger partial charge >= 0.3 is 0 Å². The van der Waals surface area contributed by atoms with E-state index in [-0.39, 0.29) is 11.9 Å². The van der Waals surface area contributed by atoms with Crippen molar-refractivity contribution in [2.45, 2.75) is 12.5 Å². The summed E-state index contributed by atoms with van der Waals surface area (Å²) in [4.78, 5) is 20.8. The number of para-hydroxylation sites is 3. The van der Waals surface area contributed by atoms with E-state index in [0.717, 1.165) is 33.7 Å². The number of amides is 1. The van der Waals surface area contributed by atoms with Crippen molar-refractivity contribution in [2.75, 3.05) is 7.11 Å². The van der Waals surface area contributed by atoms with Crippen molar-refractivity contribution in [3.8, 4) is 5.75 Å². The van der Waals surface area contributed by atoms with Crippen LogP contribution in [0.15, 0.2) is 84.9 Å². The van der Waals surface area contributed by atoms with Crippen LogP contribution in [-0.2, 0) is 11.2 Å². The molecule has 1 amide bonds. The third kappa shape index (κ3) is 4.58. The van der Waals surface area contributed by atoms with Gasteiger partial charge in [-0.15, -0.1) is 0 Å². The Labute approximate surface area is 175 Å². The Morgan fingerprint density at radius 3 is 2.57 bits per heavy atom. The van der Waals surface area contributed by atoms with E-state index in [9.17, 15) is 4.79 Å². The van der Waals surface area contributed by atoms with E-state index in [2.05, 4.69) is 10.3 Å². The highest BCUT2D eigenvalue weighted by molar-refractivity contribution is 5.92. The van der Waals surface area contributed by atoms with Gasteiger partial charge in [-0.3, -0.25) is 4.79 Å². The average Bonchev–Trinajstić information content (AvgIpc) is 3.22. The molecule has 0 fully saturated rings. The lowest BCUT2D eigenvalue weighted by molar-refractivity contribution is -0.117. The predicted molar refractivity (Wildman–Crippen MR) is 119 cm³/mol. The monoisotopic (exact) mass is 397 g/mol. The number of aromatic nitrogens is 2. The third-order valence-corrected chi connectivity index (χ3v) is 4.89. The molecule has 1 atom stereocenters. The first-order chi connectivity index (χ1) is 14.7. The second-order valence-electron chi connectivity index (χ2n) is 6.97. The predicted octanol–water partition coefficient (Wildman–Crippen LogP) is 4.68. The van der Waals surface area contributed by atoms with Crippen LogP contribution in [0.25, 0.3) is 17.1 Å². The number of carbonyl (C=O) groups is 1. The summed E-state index contributed by atoms with van der Waals surface area (Å²) >= 11 is 0. The van der Waals surface area contributed by atoms with Gasteiger partial charge in [-0.05, 0) is 36.3 Å². The first-order valence-corrected chi connectivity index (χ1v) is 9.83. The van der Waals surface area contributed by atoms with E-state index in [1.807, 2.05) is 78.9 Å². The van der Waals surface area contributed by atoms with E-state index >= 15 is 0 Å². The number of ether oxygens (including phenoxy) is 1. The van der Waals surface area contributed by atoms with E-state index in [1.165, 1.54) is 6.08 Å². The van der Waals surface area contributed by atoms with Crippen LogP contribution < -0.4 is 10.1 Å². The van der Waals surface area contributed by atoms with Crippen molar-refractivity contribution >= 4 is 23.0 Å². The fourth-order valence-electron chi connectivity index (χ4n) is 3.39. The van der Waals surface area contributed by atoms with Gasteiger partial charge in [0.25, 0.3) is 0 Å². The van der Waals surface area contributed by atoms with Crippen molar-refractivity contribution < 1.29 is 9.53 Å². The molecular formula is C25H23N3O2. The topological polar surface area (TPSA) is 67.0 Å². The molecule has 0 bridgehead atoms. The SMILES string of the molecule is COc1ccccc1C=CC(=O)N[C@@H](Cc1ccccc1)c1nc2ccccc2[nH]1. The molecule has 5 nitrogen and oxygen atoms in total. The number of rotatable bonds is 7. The molecule has 5 heteroatoms. The highest BCUT2D eigenvalue weighted by atomic mass is 16.5. The van der Waals surface area contributed by atoms with Gasteiger partial charge in [0.2, 0.25) is 5.91 Å². The maximum absolute atomic E-state index is 12.7. The van der Waals surface area contributed by atoms with Gasteiger partial charge in [0.1, 0.15) is 11.6 Å². The number of hydrogen-bond donors (Lipinski definition) is 2. The number of carbonyl (C=O) groups excluding carboxylic acids is 1. The summed E-state index contributed by atoms with van der Waals surface area (Å²) < 4.78 is 5.34. The van der Waals surface area contributed by atoms with Crippen LogP contribution in [0.4, 0.5) is 0 Å². The Balaban J connectivity index is 1.57. The summed E-state index contributed by atoms with van der Waals surface area (Å²) in [6, 6.07) is 25.2. The Kier molecular flexibility index (Phi) is 5.90. The summed E-state index contributed by atoms with van der Waals surface area (Å²) in [5, 5.41) is 3.09. The molecule has 0 aliphatic rings. The molecule has 3 aromatic carbocycles. The van der Waals surface area contributed by atoms with Crippen molar-refractivity contribution in [1.29, 1.82) is 0 Å². The highest BCUT2D eigenvalue weighted by Gasteiger charge is 2.18.